The lowest BCUT2D eigenvalue weighted by atomic mass is 9.58. The predicted octanol–water partition coefficient (Wildman–Crippen LogP) is 3.32. The van der Waals surface area contributed by atoms with E-state index in [-0.39, 0.29) is 31.8 Å². The number of hydrogen-bond acceptors (Lipinski definition) is 12. The van der Waals surface area contributed by atoms with Crippen LogP contribution in [0.3, 0.4) is 0 Å². The lowest BCUT2D eigenvalue weighted by Crippen LogP contribution is -2.78. The summed E-state index contributed by atoms with van der Waals surface area (Å²) in [5.41, 5.74) is 20.1. The maximum absolute atomic E-state index is 14.8. The Hall–Kier alpha value is -6.00. The molecule has 3 aromatic rings. The van der Waals surface area contributed by atoms with E-state index in [1.54, 1.807) is 7.11 Å². The standard InChI is InChI=1S/C47H57N7O9/c1-27-24-35(34-8-6-22-52(34)46(37(48)55,39(57)62-41(50)59)43(2)25-28-10-14-30(43)15-11-28)54(32-18-20-33(61-5)21-19-32)45(27,4)36-9-7-23-53(36)47(38(49)56,40(58)63-42(51)60)44(3)26-29-12-16-31(44)17-13-29/h10-21,27,34-36H,6-9,22-26H2,1-5H3,(H2,48,55)(H2,49,56)(H2,50,59)(H2,51,60)/t27?,34?,35?,36?,43?,44?,45-,46-,47-/m0/s1. The Morgan fingerprint density at radius 1 is 0.635 bits per heavy atom. The zero-order valence-electron chi connectivity index (χ0n) is 36.4. The van der Waals surface area contributed by atoms with Gasteiger partial charge in [-0.25, -0.2) is 19.2 Å². The van der Waals surface area contributed by atoms with Gasteiger partial charge in [-0.15, -0.1) is 0 Å². The van der Waals surface area contributed by atoms with Crippen LogP contribution in [-0.4, -0.2) is 101 Å². The summed E-state index contributed by atoms with van der Waals surface area (Å²) in [6, 6.07) is 21.2. The van der Waals surface area contributed by atoms with Crippen LogP contribution in [0, 0.1) is 5.92 Å². The van der Waals surface area contributed by atoms with Crippen molar-refractivity contribution in [1.82, 2.24) is 9.80 Å². The molecule has 7 aliphatic rings. The van der Waals surface area contributed by atoms with E-state index in [1.807, 2.05) is 96.4 Å². The van der Waals surface area contributed by atoms with E-state index < -0.39 is 81.5 Å². The van der Waals surface area contributed by atoms with Crippen molar-refractivity contribution in [3.63, 3.8) is 0 Å². The summed E-state index contributed by atoms with van der Waals surface area (Å²) in [4.78, 5) is 89.5. The van der Waals surface area contributed by atoms with Gasteiger partial charge in [0.05, 0.1) is 12.6 Å². The van der Waals surface area contributed by atoms with Crippen LogP contribution in [0.1, 0.15) is 82.1 Å². The van der Waals surface area contributed by atoms with E-state index in [0.717, 1.165) is 16.8 Å². The van der Waals surface area contributed by atoms with Crippen LogP contribution >= 0.6 is 0 Å². The quantitative estimate of drug-likeness (QED) is 0.151. The van der Waals surface area contributed by atoms with Crippen LogP contribution in [0.5, 0.6) is 5.75 Å². The van der Waals surface area contributed by atoms with E-state index in [1.165, 1.54) is 0 Å². The molecule has 334 valence electrons. The second-order valence-corrected chi connectivity index (χ2v) is 18.7. The zero-order valence-corrected chi connectivity index (χ0v) is 36.4. The Balaban J connectivity index is 1.31. The third-order valence-electron chi connectivity index (χ3n) is 15.9. The number of nitrogens with two attached hydrogens (primary N) is 4. The Morgan fingerprint density at radius 2 is 1.10 bits per heavy atom. The molecule has 3 aliphatic heterocycles. The maximum atomic E-state index is 14.8. The van der Waals surface area contributed by atoms with Crippen LogP contribution < -0.4 is 32.6 Å². The Morgan fingerprint density at radius 3 is 1.52 bits per heavy atom. The number of carbonyl (C=O) groups is 6. The molecule has 8 N–H and O–H groups in total. The molecule has 4 bridgehead atoms. The van der Waals surface area contributed by atoms with Gasteiger partial charge >= 0.3 is 24.1 Å². The van der Waals surface area contributed by atoms with Crippen molar-refractivity contribution in [2.24, 2.45) is 28.9 Å². The highest BCUT2D eigenvalue weighted by atomic mass is 16.6. The second-order valence-electron chi connectivity index (χ2n) is 18.7. The molecule has 6 unspecified atom stereocenters. The number of benzene rings is 3. The van der Waals surface area contributed by atoms with Gasteiger partial charge in [-0.3, -0.25) is 19.4 Å². The van der Waals surface area contributed by atoms with E-state index in [2.05, 4.69) is 18.7 Å². The smallest absolute Gasteiger partial charge is 0.412 e. The van der Waals surface area contributed by atoms with Crippen molar-refractivity contribution in [3.8, 4) is 5.75 Å². The molecule has 0 saturated carbocycles. The van der Waals surface area contributed by atoms with Gasteiger partial charge in [0.25, 0.3) is 11.8 Å². The summed E-state index contributed by atoms with van der Waals surface area (Å²) in [5, 5.41) is 0. The number of likely N-dealkylation sites (tertiary alicyclic amines) is 2. The first-order valence-corrected chi connectivity index (χ1v) is 21.6. The number of primary amides is 4. The molecule has 0 aromatic heterocycles. The van der Waals surface area contributed by atoms with Gasteiger partial charge < -0.3 is 42.0 Å². The van der Waals surface area contributed by atoms with Gasteiger partial charge in [0.1, 0.15) is 5.75 Å². The first-order valence-electron chi connectivity index (χ1n) is 21.6. The number of fused-ring (bicyclic) bond motifs is 6. The minimum Gasteiger partial charge on any atom is -0.497 e. The molecule has 63 heavy (non-hydrogen) atoms. The predicted molar refractivity (Wildman–Crippen MR) is 231 cm³/mol. The van der Waals surface area contributed by atoms with Crippen LogP contribution in [0.4, 0.5) is 15.3 Å². The average Bonchev–Trinajstić information content (AvgIpc) is 3.97. The van der Waals surface area contributed by atoms with Crippen LogP contribution in [0.15, 0.2) is 72.8 Å². The van der Waals surface area contributed by atoms with E-state index in [0.29, 0.717) is 49.0 Å². The molecule has 4 aliphatic carbocycles. The van der Waals surface area contributed by atoms with E-state index >= 15 is 0 Å². The van der Waals surface area contributed by atoms with Crippen molar-refractivity contribution in [1.29, 1.82) is 0 Å². The molecule has 16 heteroatoms. The second kappa shape index (κ2) is 15.4. The number of amides is 4. The normalized spacial score (nSPS) is 30.7. The van der Waals surface area contributed by atoms with Crippen molar-refractivity contribution < 1.29 is 43.0 Å². The average molecular weight is 864 g/mol. The summed E-state index contributed by atoms with van der Waals surface area (Å²) in [6.45, 7) is 8.37. The van der Waals surface area contributed by atoms with Crippen molar-refractivity contribution in [2.75, 3.05) is 25.1 Å². The molecule has 3 fully saturated rings. The van der Waals surface area contributed by atoms with Gasteiger partial charge in [-0.05, 0) is 104 Å². The van der Waals surface area contributed by atoms with Crippen molar-refractivity contribution in [3.05, 3.63) is 95.1 Å². The first-order chi connectivity index (χ1) is 29.8. The molecule has 10 rings (SSSR count). The highest BCUT2D eigenvalue weighted by molar-refractivity contribution is 6.12. The molecule has 0 spiro atoms. The fourth-order valence-corrected chi connectivity index (χ4v) is 13.1. The molecular weight excluding hydrogens is 807 g/mol. The first kappa shape index (κ1) is 43.6. The molecular formula is C47H57N7O9. The maximum Gasteiger partial charge on any atom is 0.412 e. The van der Waals surface area contributed by atoms with Crippen molar-refractivity contribution >= 4 is 41.6 Å². The molecule has 16 nitrogen and oxygen atoms in total. The SMILES string of the molecule is COc1ccc(N2C(C3CCCN3[C@@](C(N)=O)(C(=O)OC(N)=O)C3(C)Cc4ccc3cc4)CC(C)[C@@]2(C)C2CCCN2[C@@](C(N)=O)(C(=O)OC(N)=O)C2(C)Cc3ccc2cc3)cc1. The number of methoxy groups -OCH3 is 1. The van der Waals surface area contributed by atoms with Crippen LogP contribution in [0.25, 0.3) is 0 Å². The van der Waals surface area contributed by atoms with Gasteiger partial charge in [0.2, 0.25) is 11.1 Å². The number of nitrogens with zero attached hydrogens (tertiary/aromatic N) is 3. The third-order valence-corrected chi connectivity index (χ3v) is 15.9. The summed E-state index contributed by atoms with van der Waals surface area (Å²) < 4.78 is 16.1. The van der Waals surface area contributed by atoms with Crippen LogP contribution in [-0.2, 0) is 52.3 Å². The molecule has 4 amide bonds. The lowest BCUT2D eigenvalue weighted by Gasteiger charge is -2.58. The number of anilines is 1. The van der Waals surface area contributed by atoms with E-state index in [4.69, 9.17) is 37.1 Å². The Kier molecular flexibility index (Phi) is 10.6. The third kappa shape index (κ3) is 6.07. The summed E-state index contributed by atoms with van der Waals surface area (Å²) in [5.74, 6) is -3.79. The van der Waals surface area contributed by atoms with Gasteiger partial charge in [0.15, 0.2) is 0 Å². The highest BCUT2D eigenvalue weighted by Crippen LogP contribution is 2.57. The minimum absolute atomic E-state index is 0.189. The monoisotopic (exact) mass is 863 g/mol. The Bertz CT molecular complexity index is 2360. The van der Waals surface area contributed by atoms with Gasteiger partial charge in [0, 0.05) is 47.7 Å². The fraction of sp³-hybridized carbons (Fsp3) is 0.489. The van der Waals surface area contributed by atoms with Gasteiger partial charge in [-0.1, -0.05) is 69.3 Å². The summed E-state index contributed by atoms with van der Waals surface area (Å²) in [6.07, 6.45) is 0.538. The van der Waals surface area contributed by atoms with E-state index in [9.17, 15) is 28.8 Å². The molecule has 3 saturated heterocycles. The topological polar surface area (TPSA) is 244 Å². The lowest BCUT2D eigenvalue weighted by molar-refractivity contribution is -0.167. The molecule has 3 heterocycles. The minimum atomic E-state index is -2.20. The Labute approximate surface area is 366 Å². The van der Waals surface area contributed by atoms with Gasteiger partial charge in [-0.2, -0.15) is 0 Å². The van der Waals surface area contributed by atoms with Crippen molar-refractivity contribution in [2.45, 2.75) is 118 Å². The zero-order chi connectivity index (χ0) is 45.4. The number of esters is 2. The molecule has 3 aromatic carbocycles. The number of ether oxygens (including phenoxy) is 3. The fourth-order valence-electron chi connectivity index (χ4n) is 13.1. The highest BCUT2D eigenvalue weighted by Gasteiger charge is 2.72. The van der Waals surface area contributed by atoms with Crippen LogP contribution in [0.2, 0.25) is 0 Å². The molecule has 0 radical (unpaired) electrons. The number of carbonyl (C=O) groups excluding carboxylic acids is 6. The largest absolute Gasteiger partial charge is 0.497 e. The summed E-state index contributed by atoms with van der Waals surface area (Å²) in [7, 11) is 1.58. The number of rotatable bonds is 12. The summed E-state index contributed by atoms with van der Waals surface area (Å²) >= 11 is 0. The number of hydrogen-bond donors (Lipinski definition) is 4. The molecule has 9 atom stereocenters.